The first-order chi connectivity index (χ1) is 16.9. The molecule has 0 radical (unpaired) electrons. The molecule has 0 bridgehead atoms. The van der Waals surface area contributed by atoms with Crippen LogP contribution < -0.4 is 24.5 Å². The summed E-state index contributed by atoms with van der Waals surface area (Å²) in [5.41, 5.74) is 2.71. The minimum absolute atomic E-state index is 0.181. The van der Waals surface area contributed by atoms with Gasteiger partial charge in [0, 0.05) is 18.2 Å². The molecular formula is C26H23N3O5S. The molecule has 2 aliphatic rings. The van der Waals surface area contributed by atoms with Crippen LogP contribution in [-0.2, 0) is 14.3 Å². The zero-order chi connectivity index (χ0) is 24.9. The van der Waals surface area contributed by atoms with Crippen molar-refractivity contribution < 1.29 is 19.1 Å². The van der Waals surface area contributed by atoms with Crippen LogP contribution in [0.4, 0.5) is 5.69 Å². The molecule has 0 saturated heterocycles. The Morgan fingerprint density at radius 3 is 2.57 bits per heavy atom. The van der Waals surface area contributed by atoms with E-state index in [-0.39, 0.29) is 22.6 Å². The molecule has 35 heavy (non-hydrogen) atoms. The summed E-state index contributed by atoms with van der Waals surface area (Å²) in [4.78, 5) is 46.8. The SMILES string of the molecule is CCOC(=O)C1=C(C)N=c2s/c(=C3\C(=O)N(C)c4ccccc43)c(=O)n2[C@@H]1c1ccccc1OC. The maximum atomic E-state index is 14.0. The van der Waals surface area contributed by atoms with E-state index in [0.717, 1.165) is 17.0 Å². The highest BCUT2D eigenvalue weighted by molar-refractivity contribution is 7.07. The smallest absolute Gasteiger partial charge is 0.338 e. The molecule has 0 N–H and O–H groups in total. The fourth-order valence-electron chi connectivity index (χ4n) is 4.62. The highest BCUT2D eigenvalue weighted by Gasteiger charge is 2.37. The number of carbonyl (C=O) groups excluding carboxylic acids is 2. The van der Waals surface area contributed by atoms with E-state index in [2.05, 4.69) is 4.99 Å². The van der Waals surface area contributed by atoms with Crippen LogP contribution in [0.25, 0.3) is 5.57 Å². The highest BCUT2D eigenvalue weighted by atomic mass is 32.1. The van der Waals surface area contributed by atoms with Gasteiger partial charge in [-0.3, -0.25) is 14.2 Å². The molecule has 2 aromatic carbocycles. The number of para-hydroxylation sites is 2. The van der Waals surface area contributed by atoms with Gasteiger partial charge in [-0.15, -0.1) is 0 Å². The number of amides is 1. The fourth-order valence-corrected chi connectivity index (χ4v) is 5.75. The molecule has 5 rings (SSSR count). The second-order valence-corrected chi connectivity index (χ2v) is 9.10. The van der Waals surface area contributed by atoms with Gasteiger partial charge in [-0.05, 0) is 26.0 Å². The number of benzene rings is 2. The Hall–Kier alpha value is -3.98. The summed E-state index contributed by atoms with van der Waals surface area (Å²) in [5.74, 6) is -0.287. The Bertz CT molecular complexity index is 1600. The summed E-state index contributed by atoms with van der Waals surface area (Å²) in [6.07, 6.45) is 0. The maximum Gasteiger partial charge on any atom is 0.338 e. The molecule has 178 valence electrons. The summed E-state index contributed by atoms with van der Waals surface area (Å²) in [5, 5.41) is 0. The molecule has 0 fully saturated rings. The van der Waals surface area contributed by atoms with Crippen LogP contribution in [0, 0.1) is 0 Å². The molecule has 0 aliphatic carbocycles. The van der Waals surface area contributed by atoms with E-state index in [4.69, 9.17) is 9.47 Å². The number of aromatic nitrogens is 1. The third kappa shape index (κ3) is 3.42. The van der Waals surface area contributed by atoms with Crippen LogP contribution in [0.15, 0.2) is 69.6 Å². The summed E-state index contributed by atoms with van der Waals surface area (Å²) >= 11 is 1.14. The van der Waals surface area contributed by atoms with Crippen molar-refractivity contribution in [2.24, 2.45) is 4.99 Å². The van der Waals surface area contributed by atoms with E-state index in [1.807, 2.05) is 42.5 Å². The fraction of sp³-hybridized carbons (Fsp3) is 0.231. The van der Waals surface area contributed by atoms with Crippen molar-refractivity contribution in [1.82, 2.24) is 4.57 Å². The number of fused-ring (bicyclic) bond motifs is 2. The highest BCUT2D eigenvalue weighted by Crippen LogP contribution is 2.36. The van der Waals surface area contributed by atoms with Crippen molar-refractivity contribution in [3.05, 3.63) is 90.6 Å². The normalized spacial score (nSPS) is 18.2. The molecule has 1 amide bonds. The average molecular weight is 490 g/mol. The van der Waals surface area contributed by atoms with Gasteiger partial charge in [0.05, 0.1) is 36.2 Å². The third-order valence-electron chi connectivity index (χ3n) is 6.21. The molecule has 0 saturated carbocycles. The van der Waals surface area contributed by atoms with Crippen molar-refractivity contribution in [3.8, 4) is 5.75 Å². The predicted octanol–water partition coefficient (Wildman–Crippen LogP) is 2.15. The summed E-state index contributed by atoms with van der Waals surface area (Å²) in [6.45, 7) is 3.63. The first kappa shape index (κ1) is 22.8. The molecule has 9 heteroatoms. The van der Waals surface area contributed by atoms with Crippen LogP contribution in [0.2, 0.25) is 0 Å². The number of nitrogens with zero attached hydrogens (tertiary/aromatic N) is 3. The van der Waals surface area contributed by atoms with E-state index in [0.29, 0.717) is 32.9 Å². The number of ether oxygens (including phenoxy) is 2. The van der Waals surface area contributed by atoms with Gasteiger partial charge in [0.25, 0.3) is 11.5 Å². The van der Waals surface area contributed by atoms with Gasteiger partial charge in [-0.1, -0.05) is 47.7 Å². The molecule has 1 atom stereocenters. The van der Waals surface area contributed by atoms with Gasteiger partial charge in [0.15, 0.2) is 4.80 Å². The Morgan fingerprint density at radius 1 is 1.11 bits per heavy atom. The molecule has 3 heterocycles. The van der Waals surface area contributed by atoms with E-state index in [1.54, 1.807) is 27.0 Å². The first-order valence-corrected chi connectivity index (χ1v) is 11.9. The van der Waals surface area contributed by atoms with Crippen LogP contribution in [0.3, 0.4) is 0 Å². The Kier molecular flexibility index (Phi) is 5.64. The quantitative estimate of drug-likeness (QED) is 0.524. The number of methoxy groups -OCH3 is 1. The lowest BCUT2D eigenvalue weighted by atomic mass is 9.95. The number of hydrogen-bond acceptors (Lipinski definition) is 7. The van der Waals surface area contributed by atoms with Crippen molar-refractivity contribution in [1.29, 1.82) is 0 Å². The van der Waals surface area contributed by atoms with Gasteiger partial charge in [0.1, 0.15) is 16.3 Å². The second-order valence-electron chi connectivity index (χ2n) is 8.12. The Labute approximate surface area is 205 Å². The maximum absolute atomic E-state index is 14.0. The number of carbonyl (C=O) groups is 2. The number of allylic oxidation sites excluding steroid dienone is 1. The minimum Gasteiger partial charge on any atom is -0.496 e. The lowest BCUT2D eigenvalue weighted by Crippen LogP contribution is -2.41. The van der Waals surface area contributed by atoms with Gasteiger partial charge in [-0.2, -0.15) is 0 Å². The van der Waals surface area contributed by atoms with Crippen LogP contribution in [-0.4, -0.2) is 37.2 Å². The zero-order valence-corrected chi connectivity index (χ0v) is 20.5. The van der Waals surface area contributed by atoms with Crippen molar-refractivity contribution in [3.63, 3.8) is 0 Å². The summed E-state index contributed by atoms with van der Waals surface area (Å²) in [6, 6.07) is 13.8. The van der Waals surface area contributed by atoms with E-state index in [9.17, 15) is 14.4 Å². The van der Waals surface area contributed by atoms with Crippen molar-refractivity contribution in [2.45, 2.75) is 19.9 Å². The standard InChI is InChI=1S/C26H23N3O5S/c1-5-34-25(32)19-14(2)27-26-29(21(19)16-11-7-9-13-18(16)33-4)24(31)22(35-26)20-15-10-6-8-12-17(15)28(3)23(20)30/h6-13,21H,5H2,1-4H3/b22-20-/t21-/m1/s1. The van der Waals surface area contributed by atoms with Gasteiger partial charge < -0.3 is 14.4 Å². The number of rotatable bonds is 4. The molecule has 1 aromatic heterocycles. The van der Waals surface area contributed by atoms with Crippen LogP contribution in [0.5, 0.6) is 5.75 Å². The average Bonchev–Trinajstić information content (AvgIpc) is 3.31. The third-order valence-corrected chi connectivity index (χ3v) is 7.26. The van der Waals surface area contributed by atoms with Crippen molar-refractivity contribution in [2.75, 3.05) is 25.7 Å². The lowest BCUT2D eigenvalue weighted by molar-refractivity contribution is -0.139. The van der Waals surface area contributed by atoms with Gasteiger partial charge in [-0.25, -0.2) is 9.79 Å². The largest absolute Gasteiger partial charge is 0.496 e. The van der Waals surface area contributed by atoms with Gasteiger partial charge >= 0.3 is 5.97 Å². The number of anilines is 1. The van der Waals surface area contributed by atoms with Crippen LogP contribution >= 0.6 is 11.3 Å². The number of thiazole rings is 1. The van der Waals surface area contributed by atoms with Gasteiger partial charge in [0.2, 0.25) is 0 Å². The predicted molar refractivity (Wildman–Crippen MR) is 132 cm³/mol. The molecule has 0 spiro atoms. The van der Waals surface area contributed by atoms with E-state index in [1.165, 1.54) is 16.6 Å². The molecule has 2 aliphatic heterocycles. The second kappa shape index (κ2) is 8.66. The van der Waals surface area contributed by atoms with Crippen LogP contribution in [0.1, 0.15) is 31.0 Å². The van der Waals surface area contributed by atoms with Crippen molar-refractivity contribution >= 4 is 34.5 Å². The monoisotopic (exact) mass is 489 g/mol. The summed E-state index contributed by atoms with van der Waals surface area (Å²) < 4.78 is 12.7. The zero-order valence-electron chi connectivity index (χ0n) is 19.7. The first-order valence-electron chi connectivity index (χ1n) is 11.1. The Morgan fingerprint density at radius 2 is 1.83 bits per heavy atom. The topological polar surface area (TPSA) is 90.2 Å². The lowest BCUT2D eigenvalue weighted by Gasteiger charge is -2.25. The molecule has 8 nitrogen and oxygen atoms in total. The number of hydrogen-bond donors (Lipinski definition) is 0. The summed E-state index contributed by atoms with van der Waals surface area (Å²) in [7, 11) is 3.22. The molecular weight excluding hydrogens is 466 g/mol. The number of esters is 1. The minimum atomic E-state index is -0.819. The molecule has 3 aromatic rings. The molecule has 0 unspecified atom stereocenters. The number of likely N-dealkylation sites (N-methyl/N-ethyl adjacent to an activating group) is 1. The van der Waals surface area contributed by atoms with E-state index < -0.39 is 17.6 Å². The Balaban J connectivity index is 1.86. The van der Waals surface area contributed by atoms with E-state index >= 15 is 0 Å².